The second kappa shape index (κ2) is 5.77. The quantitative estimate of drug-likeness (QED) is 0.894. The molecule has 0 spiro atoms. The van der Waals surface area contributed by atoms with Crippen LogP contribution in [0.15, 0.2) is 36.4 Å². The lowest BCUT2D eigenvalue weighted by Crippen LogP contribution is -1.96. The summed E-state index contributed by atoms with van der Waals surface area (Å²) in [5.74, 6) is -2.09. The molecule has 2 rings (SSSR count). The van der Waals surface area contributed by atoms with Gasteiger partial charge in [-0.05, 0) is 35.4 Å². The van der Waals surface area contributed by atoms with Crippen LogP contribution in [-0.2, 0) is 13.2 Å². The minimum absolute atomic E-state index is 0.131. The summed E-state index contributed by atoms with van der Waals surface area (Å²) < 4.78 is 32.4. The highest BCUT2D eigenvalue weighted by atomic mass is 19.1. The third kappa shape index (κ3) is 3.07. The van der Waals surface area contributed by atoms with Crippen molar-refractivity contribution in [3.63, 3.8) is 0 Å². The van der Waals surface area contributed by atoms with Crippen LogP contribution in [0.1, 0.15) is 11.1 Å². The van der Waals surface area contributed by atoms with E-state index in [0.717, 1.165) is 12.1 Å². The predicted octanol–water partition coefficient (Wildman–Crippen LogP) is 2.74. The molecule has 100 valence electrons. The van der Waals surface area contributed by atoms with E-state index in [0.29, 0.717) is 5.56 Å². The van der Waals surface area contributed by atoms with Gasteiger partial charge in [0.2, 0.25) is 0 Å². The first-order valence-corrected chi connectivity index (χ1v) is 5.60. The topological polar surface area (TPSA) is 49.7 Å². The summed E-state index contributed by atoms with van der Waals surface area (Å²) in [6.45, 7) is -0.639. The number of ether oxygens (including phenoxy) is 1. The first-order valence-electron chi connectivity index (χ1n) is 5.60. The van der Waals surface area contributed by atoms with E-state index in [4.69, 9.17) is 14.9 Å². The molecule has 0 unspecified atom stereocenters. The molecule has 5 heteroatoms. The first kappa shape index (κ1) is 13.5. The molecule has 19 heavy (non-hydrogen) atoms. The number of hydrogen-bond donors (Lipinski definition) is 2. The molecule has 3 nitrogen and oxygen atoms in total. The van der Waals surface area contributed by atoms with Crippen LogP contribution in [0.4, 0.5) is 8.78 Å². The predicted molar refractivity (Wildman–Crippen MR) is 64.7 cm³/mol. The first-order chi connectivity index (χ1) is 9.13. The van der Waals surface area contributed by atoms with Crippen molar-refractivity contribution in [2.45, 2.75) is 13.2 Å². The largest absolute Gasteiger partial charge is 0.451 e. The highest BCUT2D eigenvalue weighted by molar-refractivity contribution is 5.37. The Kier molecular flexibility index (Phi) is 4.09. The monoisotopic (exact) mass is 266 g/mol. The van der Waals surface area contributed by atoms with Gasteiger partial charge in [0.25, 0.3) is 0 Å². The van der Waals surface area contributed by atoms with Crippen molar-refractivity contribution in [3.8, 4) is 11.5 Å². The Morgan fingerprint density at radius 1 is 0.895 bits per heavy atom. The van der Waals surface area contributed by atoms with E-state index >= 15 is 0 Å². The van der Waals surface area contributed by atoms with Crippen LogP contribution in [0.2, 0.25) is 0 Å². The fourth-order valence-electron chi connectivity index (χ4n) is 1.63. The number of halogens is 2. The SMILES string of the molecule is OCc1cccc(Oc2c(F)cc(CO)cc2F)c1. The summed E-state index contributed by atoms with van der Waals surface area (Å²) in [4.78, 5) is 0. The molecule has 0 aromatic heterocycles. The Bertz CT molecular complexity index is 562. The van der Waals surface area contributed by atoms with Gasteiger partial charge in [-0.3, -0.25) is 0 Å². The van der Waals surface area contributed by atoms with Crippen LogP contribution in [0.25, 0.3) is 0 Å². The molecule has 2 aromatic rings. The molecule has 0 saturated carbocycles. The molecule has 2 N–H and O–H groups in total. The van der Waals surface area contributed by atoms with Gasteiger partial charge in [-0.15, -0.1) is 0 Å². The average Bonchev–Trinajstić information content (AvgIpc) is 2.42. The molecule has 0 fully saturated rings. The fourth-order valence-corrected chi connectivity index (χ4v) is 1.63. The van der Waals surface area contributed by atoms with E-state index in [2.05, 4.69) is 0 Å². The summed E-state index contributed by atoms with van der Waals surface area (Å²) in [6, 6.07) is 8.30. The lowest BCUT2D eigenvalue weighted by atomic mass is 10.2. The maximum absolute atomic E-state index is 13.6. The highest BCUT2D eigenvalue weighted by Gasteiger charge is 2.13. The molecule has 0 bridgehead atoms. The number of aliphatic hydroxyl groups is 2. The van der Waals surface area contributed by atoms with Gasteiger partial charge >= 0.3 is 0 Å². The Balaban J connectivity index is 2.32. The molecule has 0 saturated heterocycles. The number of hydrogen-bond acceptors (Lipinski definition) is 3. The van der Waals surface area contributed by atoms with E-state index in [1.165, 1.54) is 12.1 Å². The van der Waals surface area contributed by atoms with Crippen LogP contribution < -0.4 is 4.74 Å². The van der Waals surface area contributed by atoms with Crippen molar-refractivity contribution in [1.29, 1.82) is 0 Å². The Morgan fingerprint density at radius 3 is 2.11 bits per heavy atom. The second-order valence-corrected chi connectivity index (χ2v) is 3.95. The van der Waals surface area contributed by atoms with Crippen molar-refractivity contribution in [3.05, 3.63) is 59.2 Å². The van der Waals surface area contributed by atoms with E-state index in [1.807, 2.05) is 0 Å². The second-order valence-electron chi connectivity index (χ2n) is 3.95. The van der Waals surface area contributed by atoms with E-state index in [9.17, 15) is 8.78 Å². The summed E-state index contributed by atoms with van der Waals surface area (Å²) in [5.41, 5.74) is 0.705. The van der Waals surface area contributed by atoms with Gasteiger partial charge in [0, 0.05) is 0 Å². The molecule has 0 aliphatic rings. The third-order valence-corrected chi connectivity index (χ3v) is 2.54. The summed E-state index contributed by atoms with van der Waals surface area (Å²) in [6.07, 6.45) is 0. The van der Waals surface area contributed by atoms with E-state index < -0.39 is 24.0 Å². The standard InChI is InChI=1S/C14H12F2O3/c15-12-5-10(8-18)6-13(16)14(12)19-11-3-1-2-9(4-11)7-17/h1-6,17-18H,7-8H2. The van der Waals surface area contributed by atoms with E-state index in [-0.39, 0.29) is 17.9 Å². The zero-order valence-electron chi connectivity index (χ0n) is 9.94. The molecule has 0 aliphatic carbocycles. The minimum Gasteiger partial charge on any atom is -0.451 e. The number of rotatable bonds is 4. The molecule has 0 amide bonds. The summed E-state index contributed by atoms with van der Waals surface area (Å²) >= 11 is 0. The molecular weight excluding hydrogens is 254 g/mol. The van der Waals surface area contributed by atoms with Crippen LogP contribution in [-0.4, -0.2) is 10.2 Å². The van der Waals surface area contributed by atoms with Gasteiger partial charge < -0.3 is 14.9 Å². The van der Waals surface area contributed by atoms with Crippen molar-refractivity contribution in [1.82, 2.24) is 0 Å². The Hall–Kier alpha value is -1.98. The maximum atomic E-state index is 13.6. The van der Waals surface area contributed by atoms with Gasteiger partial charge in [0.05, 0.1) is 13.2 Å². The molecule has 2 aromatic carbocycles. The lowest BCUT2D eigenvalue weighted by Gasteiger charge is -2.10. The summed E-state index contributed by atoms with van der Waals surface area (Å²) in [7, 11) is 0. The zero-order valence-corrected chi connectivity index (χ0v) is 9.94. The van der Waals surface area contributed by atoms with Crippen molar-refractivity contribution in [2.24, 2.45) is 0 Å². The zero-order chi connectivity index (χ0) is 13.8. The molecule has 0 heterocycles. The van der Waals surface area contributed by atoms with Crippen LogP contribution >= 0.6 is 0 Å². The van der Waals surface area contributed by atoms with Crippen molar-refractivity contribution in [2.75, 3.05) is 0 Å². The minimum atomic E-state index is -0.890. The molecule has 0 atom stereocenters. The van der Waals surface area contributed by atoms with Gasteiger partial charge in [-0.1, -0.05) is 12.1 Å². The Labute approximate surface area is 108 Å². The summed E-state index contributed by atoms with van der Waals surface area (Å²) in [5, 5.41) is 17.8. The molecule has 0 radical (unpaired) electrons. The number of benzene rings is 2. The van der Waals surface area contributed by atoms with Crippen molar-refractivity contribution >= 4 is 0 Å². The average molecular weight is 266 g/mol. The van der Waals surface area contributed by atoms with Crippen molar-refractivity contribution < 1.29 is 23.7 Å². The van der Waals surface area contributed by atoms with Gasteiger partial charge in [-0.2, -0.15) is 0 Å². The lowest BCUT2D eigenvalue weighted by molar-refractivity contribution is 0.279. The fraction of sp³-hybridized carbons (Fsp3) is 0.143. The molecular formula is C14H12F2O3. The van der Waals surface area contributed by atoms with Crippen LogP contribution in [0.3, 0.4) is 0 Å². The molecule has 0 aliphatic heterocycles. The van der Waals surface area contributed by atoms with Gasteiger partial charge in [0.15, 0.2) is 17.4 Å². The highest BCUT2D eigenvalue weighted by Crippen LogP contribution is 2.29. The smallest absolute Gasteiger partial charge is 0.198 e. The third-order valence-electron chi connectivity index (χ3n) is 2.54. The Morgan fingerprint density at radius 2 is 1.53 bits per heavy atom. The number of aliphatic hydroxyl groups excluding tert-OH is 2. The maximum Gasteiger partial charge on any atom is 0.198 e. The van der Waals surface area contributed by atoms with Gasteiger partial charge in [-0.25, -0.2) is 8.78 Å². The normalized spacial score (nSPS) is 10.5. The van der Waals surface area contributed by atoms with Gasteiger partial charge in [0.1, 0.15) is 5.75 Å². The van der Waals surface area contributed by atoms with Crippen LogP contribution in [0.5, 0.6) is 11.5 Å². The van der Waals surface area contributed by atoms with E-state index in [1.54, 1.807) is 12.1 Å². The van der Waals surface area contributed by atoms with Crippen LogP contribution in [0, 0.1) is 11.6 Å².